The van der Waals surface area contributed by atoms with Gasteiger partial charge in [0.05, 0.1) is 18.0 Å². The van der Waals surface area contributed by atoms with Crippen molar-refractivity contribution in [1.29, 1.82) is 5.26 Å². The molecule has 0 saturated carbocycles. The van der Waals surface area contributed by atoms with Crippen LogP contribution in [0.15, 0.2) is 17.2 Å². The van der Waals surface area contributed by atoms with Crippen LogP contribution in [0.25, 0.3) is 0 Å². The summed E-state index contributed by atoms with van der Waals surface area (Å²) in [6.07, 6.45) is 3.27. The van der Waals surface area contributed by atoms with Gasteiger partial charge < -0.3 is 10.3 Å². The number of carbonyl (C=O) groups excluding carboxylic acids is 1. The van der Waals surface area contributed by atoms with Gasteiger partial charge in [0.15, 0.2) is 5.82 Å². The van der Waals surface area contributed by atoms with E-state index in [4.69, 9.17) is 5.26 Å². The third-order valence-corrected chi connectivity index (χ3v) is 3.02. The molecule has 0 radical (unpaired) electrons. The molecule has 1 amide bonds. The highest BCUT2D eigenvalue weighted by molar-refractivity contribution is 5.91. The predicted molar refractivity (Wildman–Crippen MR) is 63.6 cm³/mol. The van der Waals surface area contributed by atoms with Crippen molar-refractivity contribution in [3.63, 3.8) is 0 Å². The van der Waals surface area contributed by atoms with E-state index < -0.39 is 5.56 Å². The summed E-state index contributed by atoms with van der Waals surface area (Å²) < 4.78 is 0. The SMILES string of the molecule is CN1CC(C(=O)Nc2ncc[nH]c2=O)CC1C#N. The van der Waals surface area contributed by atoms with Crippen molar-refractivity contribution in [3.8, 4) is 6.07 Å². The second-order valence-electron chi connectivity index (χ2n) is 4.27. The maximum Gasteiger partial charge on any atom is 0.291 e. The minimum Gasteiger partial charge on any atom is -0.324 e. The second-order valence-corrected chi connectivity index (χ2v) is 4.27. The van der Waals surface area contributed by atoms with Crippen LogP contribution in [-0.2, 0) is 4.79 Å². The van der Waals surface area contributed by atoms with E-state index >= 15 is 0 Å². The molecule has 0 spiro atoms. The molecule has 2 rings (SSSR count). The van der Waals surface area contributed by atoms with Gasteiger partial charge in [-0.25, -0.2) is 4.98 Å². The monoisotopic (exact) mass is 247 g/mol. The summed E-state index contributed by atoms with van der Waals surface area (Å²) in [6, 6.07) is 1.89. The summed E-state index contributed by atoms with van der Waals surface area (Å²) in [6.45, 7) is 0.509. The van der Waals surface area contributed by atoms with Crippen LogP contribution in [-0.4, -0.2) is 40.4 Å². The number of anilines is 1. The normalized spacial score (nSPS) is 23.6. The van der Waals surface area contributed by atoms with Crippen LogP contribution in [0.2, 0.25) is 0 Å². The first kappa shape index (κ1) is 12.3. The molecule has 0 bridgehead atoms. The standard InChI is InChI=1S/C11H13N5O2/c1-16-6-7(4-8(16)5-12)10(17)15-9-11(18)14-3-2-13-9/h2-3,7-8H,4,6H2,1H3,(H,14,18)(H,13,15,17). The lowest BCUT2D eigenvalue weighted by molar-refractivity contribution is -0.119. The molecule has 1 aromatic rings. The van der Waals surface area contributed by atoms with E-state index in [1.807, 2.05) is 4.90 Å². The molecule has 2 N–H and O–H groups in total. The van der Waals surface area contributed by atoms with E-state index in [-0.39, 0.29) is 23.7 Å². The van der Waals surface area contributed by atoms with Crippen LogP contribution >= 0.6 is 0 Å². The Morgan fingerprint density at radius 1 is 1.72 bits per heavy atom. The predicted octanol–water partition coefficient (Wildman–Crippen LogP) is -0.448. The van der Waals surface area contributed by atoms with Gasteiger partial charge >= 0.3 is 0 Å². The third kappa shape index (κ3) is 2.38. The largest absolute Gasteiger partial charge is 0.324 e. The zero-order valence-electron chi connectivity index (χ0n) is 9.88. The molecule has 2 heterocycles. The summed E-state index contributed by atoms with van der Waals surface area (Å²) in [5, 5.41) is 11.4. The summed E-state index contributed by atoms with van der Waals surface area (Å²) in [7, 11) is 1.80. The van der Waals surface area contributed by atoms with E-state index in [9.17, 15) is 9.59 Å². The van der Waals surface area contributed by atoms with Gasteiger partial charge in [-0.15, -0.1) is 0 Å². The number of likely N-dealkylation sites (tertiary alicyclic amines) is 1. The molecule has 7 heteroatoms. The number of aromatic amines is 1. The van der Waals surface area contributed by atoms with Crippen LogP contribution in [0.1, 0.15) is 6.42 Å². The first-order valence-corrected chi connectivity index (χ1v) is 5.56. The molecular formula is C11H13N5O2. The Morgan fingerprint density at radius 2 is 2.50 bits per heavy atom. The van der Waals surface area contributed by atoms with Gasteiger partial charge in [0, 0.05) is 18.9 Å². The molecule has 1 fully saturated rings. The maximum absolute atomic E-state index is 11.9. The summed E-state index contributed by atoms with van der Waals surface area (Å²) in [4.78, 5) is 31.3. The Morgan fingerprint density at radius 3 is 3.11 bits per heavy atom. The van der Waals surface area contributed by atoms with Crippen LogP contribution in [0, 0.1) is 17.2 Å². The van der Waals surface area contributed by atoms with Crippen molar-refractivity contribution in [3.05, 3.63) is 22.7 Å². The van der Waals surface area contributed by atoms with E-state index in [0.717, 1.165) is 0 Å². The zero-order chi connectivity index (χ0) is 13.1. The van der Waals surface area contributed by atoms with Gasteiger partial charge in [0.25, 0.3) is 5.56 Å². The smallest absolute Gasteiger partial charge is 0.291 e. The number of nitrogens with one attached hydrogen (secondary N) is 2. The minimum atomic E-state index is -0.436. The molecule has 1 aromatic heterocycles. The Bertz CT molecular complexity index is 547. The number of carbonyl (C=O) groups is 1. The fourth-order valence-electron chi connectivity index (χ4n) is 2.00. The highest BCUT2D eigenvalue weighted by Crippen LogP contribution is 2.21. The Balaban J connectivity index is 2.05. The van der Waals surface area contributed by atoms with E-state index in [1.54, 1.807) is 7.05 Å². The van der Waals surface area contributed by atoms with Gasteiger partial charge in [-0.05, 0) is 13.5 Å². The molecule has 0 aromatic carbocycles. The number of aromatic nitrogens is 2. The van der Waals surface area contributed by atoms with Gasteiger partial charge in [-0.1, -0.05) is 0 Å². The summed E-state index contributed by atoms with van der Waals surface area (Å²) >= 11 is 0. The zero-order valence-corrected chi connectivity index (χ0v) is 9.88. The van der Waals surface area contributed by atoms with Gasteiger partial charge in [-0.3, -0.25) is 14.5 Å². The first-order valence-electron chi connectivity index (χ1n) is 5.56. The number of rotatable bonds is 2. The van der Waals surface area contributed by atoms with Crippen molar-refractivity contribution in [2.75, 3.05) is 18.9 Å². The molecule has 1 saturated heterocycles. The molecule has 18 heavy (non-hydrogen) atoms. The van der Waals surface area contributed by atoms with Crippen molar-refractivity contribution < 1.29 is 4.79 Å². The maximum atomic E-state index is 11.9. The second kappa shape index (κ2) is 4.98. The van der Waals surface area contributed by atoms with E-state index in [1.165, 1.54) is 12.4 Å². The van der Waals surface area contributed by atoms with Crippen molar-refractivity contribution in [2.45, 2.75) is 12.5 Å². The highest BCUT2D eigenvalue weighted by atomic mass is 16.2. The fraction of sp³-hybridized carbons (Fsp3) is 0.455. The van der Waals surface area contributed by atoms with Gasteiger partial charge in [-0.2, -0.15) is 5.26 Å². The lowest BCUT2D eigenvalue weighted by atomic mass is 10.1. The number of nitriles is 1. The Hall–Kier alpha value is -2.20. The summed E-state index contributed by atoms with van der Waals surface area (Å²) in [5.41, 5.74) is -0.436. The molecule has 1 aliphatic rings. The quantitative estimate of drug-likeness (QED) is 0.737. The number of amides is 1. The number of hydrogen-bond acceptors (Lipinski definition) is 5. The molecule has 7 nitrogen and oxygen atoms in total. The number of H-pyrrole nitrogens is 1. The molecule has 2 atom stereocenters. The average Bonchev–Trinajstić information content (AvgIpc) is 2.73. The number of hydrogen-bond donors (Lipinski definition) is 2. The van der Waals surface area contributed by atoms with Crippen LogP contribution in [0.4, 0.5) is 5.82 Å². The first-order chi connectivity index (χ1) is 8.61. The fourth-order valence-corrected chi connectivity index (χ4v) is 2.00. The number of nitrogens with zero attached hydrogens (tertiary/aromatic N) is 3. The lowest BCUT2D eigenvalue weighted by Crippen LogP contribution is -2.29. The van der Waals surface area contributed by atoms with E-state index in [0.29, 0.717) is 13.0 Å². The topological polar surface area (TPSA) is 102 Å². The van der Waals surface area contributed by atoms with Gasteiger partial charge in [0.1, 0.15) is 0 Å². The molecule has 94 valence electrons. The lowest BCUT2D eigenvalue weighted by Gasteiger charge is -2.10. The Kier molecular flexibility index (Phi) is 3.39. The van der Waals surface area contributed by atoms with Gasteiger partial charge in [0.2, 0.25) is 5.91 Å². The van der Waals surface area contributed by atoms with Crippen LogP contribution < -0.4 is 10.9 Å². The van der Waals surface area contributed by atoms with Crippen molar-refractivity contribution in [1.82, 2.24) is 14.9 Å². The highest BCUT2D eigenvalue weighted by Gasteiger charge is 2.34. The molecule has 0 aliphatic carbocycles. The van der Waals surface area contributed by atoms with Crippen molar-refractivity contribution >= 4 is 11.7 Å². The molecule has 1 aliphatic heterocycles. The minimum absolute atomic E-state index is 0.00874. The van der Waals surface area contributed by atoms with Crippen LogP contribution in [0.5, 0.6) is 0 Å². The molecular weight excluding hydrogens is 234 g/mol. The third-order valence-electron chi connectivity index (χ3n) is 3.02. The average molecular weight is 247 g/mol. The Labute approximate surface area is 103 Å². The van der Waals surface area contributed by atoms with Crippen LogP contribution in [0.3, 0.4) is 0 Å². The molecule has 2 unspecified atom stereocenters. The van der Waals surface area contributed by atoms with Crippen molar-refractivity contribution in [2.24, 2.45) is 5.92 Å². The van der Waals surface area contributed by atoms with E-state index in [2.05, 4.69) is 21.4 Å². The summed E-state index contributed by atoms with van der Waals surface area (Å²) in [5.74, 6) is -0.574.